The first-order valence-corrected chi connectivity index (χ1v) is 6.27. The molecule has 1 heterocycles. The lowest BCUT2D eigenvalue weighted by Crippen LogP contribution is -2.30. The fourth-order valence-electron chi connectivity index (χ4n) is 1.92. The fourth-order valence-corrected chi connectivity index (χ4v) is 1.92. The highest BCUT2D eigenvalue weighted by molar-refractivity contribution is 6.78. The molecule has 0 bridgehead atoms. The molecule has 5 heteroatoms. The van der Waals surface area contributed by atoms with E-state index in [9.17, 15) is 9.59 Å². The molecule has 0 saturated carbocycles. The third-order valence-electron chi connectivity index (χ3n) is 2.92. The summed E-state index contributed by atoms with van der Waals surface area (Å²) in [6, 6.07) is 0. The van der Waals surface area contributed by atoms with Crippen molar-refractivity contribution in [1.29, 1.82) is 0 Å². The van der Waals surface area contributed by atoms with Crippen molar-refractivity contribution in [3.8, 4) is 0 Å². The van der Waals surface area contributed by atoms with Crippen LogP contribution in [-0.4, -0.2) is 22.3 Å². The Labute approximate surface area is 117 Å². The van der Waals surface area contributed by atoms with E-state index >= 15 is 0 Å². The van der Waals surface area contributed by atoms with E-state index in [2.05, 4.69) is 16.6 Å². The molecule has 1 aliphatic carbocycles. The van der Waals surface area contributed by atoms with E-state index in [4.69, 9.17) is 4.42 Å². The highest BCUT2D eigenvalue weighted by Crippen LogP contribution is 2.32. The highest BCUT2D eigenvalue weighted by Gasteiger charge is 2.40. The number of hydrogen-bond donors (Lipinski definition) is 0. The number of aromatic nitrogens is 1. The second-order valence-electron chi connectivity index (χ2n) is 5.47. The molecule has 0 fully saturated rings. The van der Waals surface area contributed by atoms with Crippen LogP contribution in [0.15, 0.2) is 28.3 Å². The molecule has 0 spiro atoms. The normalized spacial score (nSPS) is 19.6. The summed E-state index contributed by atoms with van der Waals surface area (Å²) in [6.07, 6.45) is 2.93. The van der Waals surface area contributed by atoms with Crippen molar-refractivity contribution < 1.29 is 14.0 Å². The Morgan fingerprint density at radius 2 is 1.90 bits per heavy atom. The smallest absolute Gasteiger partial charge is 0.272 e. The maximum absolute atomic E-state index is 12.1. The average Bonchev–Trinajstić information content (AvgIpc) is 2.81. The number of hydrogen-bond acceptors (Lipinski definition) is 5. The summed E-state index contributed by atoms with van der Waals surface area (Å²) in [5, 5.41) is 0. The largest absolute Gasteiger partial charge is 0.436 e. The predicted octanol–water partition coefficient (Wildman–Crippen LogP) is 2.73. The first-order valence-electron chi connectivity index (χ1n) is 6.27. The van der Waals surface area contributed by atoms with Crippen molar-refractivity contribution in [3.05, 3.63) is 36.2 Å². The van der Waals surface area contributed by atoms with Gasteiger partial charge in [-0.25, -0.2) is 4.98 Å². The minimum absolute atomic E-state index is 0.00367. The standard InChI is InChI=1S/C15H16N2O3/c1-6-8-9(16-7-2)11(18)12(19)13-10(8)17-14(20-13)15(3,4)5/h6-7H,2H2,1,3-5H3/b8-6+,16-9?. The molecule has 0 saturated heterocycles. The first kappa shape index (κ1) is 14.1. The Morgan fingerprint density at radius 3 is 2.40 bits per heavy atom. The zero-order valence-electron chi connectivity index (χ0n) is 12.0. The van der Waals surface area contributed by atoms with Gasteiger partial charge in [0.25, 0.3) is 11.6 Å². The van der Waals surface area contributed by atoms with Gasteiger partial charge >= 0.3 is 0 Å². The lowest BCUT2D eigenvalue weighted by molar-refractivity contribution is -0.109. The van der Waals surface area contributed by atoms with Gasteiger partial charge in [0.15, 0.2) is 0 Å². The van der Waals surface area contributed by atoms with E-state index in [1.807, 2.05) is 20.8 Å². The Bertz CT molecular complexity index is 670. The molecule has 2 rings (SSSR count). The third kappa shape index (κ3) is 2.05. The van der Waals surface area contributed by atoms with Crippen LogP contribution in [0.25, 0.3) is 5.57 Å². The van der Waals surface area contributed by atoms with Crippen LogP contribution in [0.4, 0.5) is 0 Å². The molecule has 0 radical (unpaired) electrons. The van der Waals surface area contributed by atoms with Crippen LogP contribution in [0.1, 0.15) is 49.8 Å². The second-order valence-corrected chi connectivity index (χ2v) is 5.47. The van der Waals surface area contributed by atoms with Crippen molar-refractivity contribution >= 4 is 22.9 Å². The molecular formula is C15H16N2O3. The lowest BCUT2D eigenvalue weighted by Gasteiger charge is -2.11. The number of allylic oxidation sites excluding steroid dienone is 2. The molecule has 0 unspecified atom stereocenters. The van der Waals surface area contributed by atoms with Crippen LogP contribution in [0, 0.1) is 0 Å². The molecule has 0 atom stereocenters. The Kier molecular flexibility index (Phi) is 3.29. The number of carbonyl (C=O) groups excluding carboxylic acids is 2. The number of ketones is 2. The Hall–Kier alpha value is -2.30. The van der Waals surface area contributed by atoms with E-state index < -0.39 is 11.6 Å². The quantitative estimate of drug-likeness (QED) is 0.737. The van der Waals surface area contributed by atoms with E-state index in [-0.39, 0.29) is 16.9 Å². The number of oxazole rings is 1. The summed E-state index contributed by atoms with van der Waals surface area (Å²) in [6.45, 7) is 11.0. The van der Waals surface area contributed by atoms with E-state index in [1.165, 1.54) is 6.20 Å². The summed E-state index contributed by atoms with van der Waals surface area (Å²) in [5.41, 5.74) is 0.593. The van der Waals surface area contributed by atoms with Crippen LogP contribution >= 0.6 is 0 Å². The number of Topliss-reactive ketones (excluding diaryl/α,β-unsaturated/α-hetero) is 2. The van der Waals surface area contributed by atoms with Gasteiger partial charge in [-0.3, -0.25) is 14.6 Å². The monoisotopic (exact) mass is 272 g/mol. The maximum Gasteiger partial charge on any atom is 0.272 e. The molecule has 0 aromatic carbocycles. The average molecular weight is 272 g/mol. The predicted molar refractivity (Wildman–Crippen MR) is 75.8 cm³/mol. The summed E-state index contributed by atoms with van der Waals surface area (Å²) >= 11 is 0. The van der Waals surface area contributed by atoms with Crippen LogP contribution < -0.4 is 0 Å². The summed E-state index contributed by atoms with van der Waals surface area (Å²) in [7, 11) is 0. The van der Waals surface area contributed by atoms with Gasteiger partial charge in [0.05, 0.1) is 0 Å². The molecule has 0 amide bonds. The molecule has 20 heavy (non-hydrogen) atoms. The Balaban J connectivity index is 2.73. The Morgan fingerprint density at radius 1 is 1.25 bits per heavy atom. The fraction of sp³-hybridized carbons (Fsp3) is 0.333. The topological polar surface area (TPSA) is 72.5 Å². The van der Waals surface area contributed by atoms with Gasteiger partial charge in [0.1, 0.15) is 11.4 Å². The van der Waals surface area contributed by atoms with Gasteiger partial charge < -0.3 is 4.42 Å². The van der Waals surface area contributed by atoms with Crippen LogP contribution in [0.2, 0.25) is 0 Å². The van der Waals surface area contributed by atoms with Gasteiger partial charge in [0, 0.05) is 17.2 Å². The van der Waals surface area contributed by atoms with Crippen LogP contribution in [0.5, 0.6) is 0 Å². The maximum atomic E-state index is 12.1. The molecule has 1 aromatic heterocycles. The number of nitrogens with zero attached hydrogens (tertiary/aromatic N) is 2. The van der Waals surface area contributed by atoms with Crippen molar-refractivity contribution in [1.82, 2.24) is 4.98 Å². The van der Waals surface area contributed by atoms with Gasteiger partial charge in [-0.1, -0.05) is 33.4 Å². The zero-order valence-corrected chi connectivity index (χ0v) is 12.0. The molecular weight excluding hydrogens is 256 g/mol. The minimum Gasteiger partial charge on any atom is -0.436 e. The highest BCUT2D eigenvalue weighted by atomic mass is 16.4. The van der Waals surface area contributed by atoms with Gasteiger partial charge in [-0.2, -0.15) is 0 Å². The van der Waals surface area contributed by atoms with Crippen molar-refractivity contribution in [2.24, 2.45) is 4.99 Å². The second kappa shape index (κ2) is 4.67. The molecule has 1 aromatic rings. The van der Waals surface area contributed by atoms with Crippen molar-refractivity contribution in [3.63, 3.8) is 0 Å². The van der Waals surface area contributed by atoms with Gasteiger partial charge in [-0.15, -0.1) is 0 Å². The minimum atomic E-state index is -0.714. The van der Waals surface area contributed by atoms with Gasteiger partial charge in [0.2, 0.25) is 11.7 Å². The van der Waals surface area contributed by atoms with E-state index in [0.29, 0.717) is 17.2 Å². The molecule has 104 valence electrons. The van der Waals surface area contributed by atoms with E-state index in [0.717, 1.165) is 0 Å². The van der Waals surface area contributed by atoms with Crippen LogP contribution in [-0.2, 0) is 10.2 Å². The van der Waals surface area contributed by atoms with Crippen LogP contribution in [0.3, 0.4) is 0 Å². The van der Waals surface area contributed by atoms with Gasteiger partial charge in [-0.05, 0) is 6.92 Å². The summed E-state index contributed by atoms with van der Waals surface area (Å²) in [4.78, 5) is 32.4. The van der Waals surface area contributed by atoms with Crippen molar-refractivity contribution in [2.75, 3.05) is 0 Å². The lowest BCUT2D eigenvalue weighted by atomic mass is 9.91. The number of aliphatic imine (C=N–C) groups is 1. The first-order chi connectivity index (χ1) is 9.31. The summed E-state index contributed by atoms with van der Waals surface area (Å²) < 4.78 is 5.51. The van der Waals surface area contributed by atoms with E-state index in [1.54, 1.807) is 13.0 Å². The molecule has 1 aliphatic rings. The third-order valence-corrected chi connectivity index (χ3v) is 2.92. The van der Waals surface area contributed by atoms with Crippen molar-refractivity contribution in [2.45, 2.75) is 33.1 Å². The number of carbonyl (C=O) groups is 2. The molecule has 5 nitrogen and oxygen atoms in total. The molecule has 0 N–H and O–H groups in total. The zero-order chi connectivity index (χ0) is 15.1. The number of rotatable bonds is 1. The number of fused-ring (bicyclic) bond motifs is 1. The molecule has 0 aliphatic heterocycles. The summed E-state index contributed by atoms with van der Waals surface area (Å²) in [5.74, 6) is -0.991. The SMILES string of the molecule is C=CN=C1C(=O)C(=O)c2oc(C(C)(C)C)nc2/C1=C/C.